The molecule has 1 aromatic carbocycles. The van der Waals surface area contributed by atoms with Crippen LogP contribution in [0.25, 0.3) is 0 Å². The molecule has 5 heteroatoms. The lowest BCUT2D eigenvalue weighted by molar-refractivity contribution is -0.121. The van der Waals surface area contributed by atoms with Crippen molar-refractivity contribution in [2.45, 2.75) is 51.5 Å². The van der Waals surface area contributed by atoms with Gasteiger partial charge in [0, 0.05) is 32.3 Å². The molecule has 1 aromatic heterocycles. The van der Waals surface area contributed by atoms with Crippen LogP contribution in [0.1, 0.15) is 56.1 Å². The van der Waals surface area contributed by atoms with Gasteiger partial charge in [-0.1, -0.05) is 38.0 Å². The molecular formula is C22H28FN3O. The van der Waals surface area contributed by atoms with Crippen molar-refractivity contribution in [3.05, 3.63) is 59.5 Å². The van der Waals surface area contributed by atoms with Crippen molar-refractivity contribution in [1.82, 2.24) is 10.3 Å². The number of carbonyl (C=O) groups excluding carboxylic acids is 1. The highest BCUT2D eigenvalue weighted by Crippen LogP contribution is 2.22. The fourth-order valence-electron chi connectivity index (χ4n) is 3.58. The van der Waals surface area contributed by atoms with Gasteiger partial charge in [-0.25, -0.2) is 9.37 Å². The van der Waals surface area contributed by atoms with Crippen molar-refractivity contribution in [1.29, 1.82) is 0 Å². The van der Waals surface area contributed by atoms with E-state index in [2.05, 4.69) is 21.3 Å². The summed E-state index contributed by atoms with van der Waals surface area (Å²) in [6.07, 6.45) is 7.06. The Bertz CT molecular complexity index is 757. The highest BCUT2D eigenvalue weighted by atomic mass is 19.1. The van der Waals surface area contributed by atoms with Gasteiger partial charge in [0.15, 0.2) is 0 Å². The molecule has 2 aromatic rings. The van der Waals surface area contributed by atoms with Gasteiger partial charge in [0.05, 0.1) is 0 Å². The lowest BCUT2D eigenvalue weighted by Crippen LogP contribution is -2.26. The van der Waals surface area contributed by atoms with Crippen LogP contribution in [-0.4, -0.2) is 24.0 Å². The minimum absolute atomic E-state index is 0.0705. The number of benzene rings is 1. The van der Waals surface area contributed by atoms with E-state index in [-0.39, 0.29) is 24.1 Å². The van der Waals surface area contributed by atoms with Gasteiger partial charge < -0.3 is 10.2 Å². The molecule has 0 saturated carbocycles. The van der Waals surface area contributed by atoms with E-state index >= 15 is 0 Å². The molecule has 1 saturated heterocycles. The molecule has 144 valence electrons. The summed E-state index contributed by atoms with van der Waals surface area (Å²) in [5.74, 6) is 0.507. The number of hydrogen-bond donors (Lipinski definition) is 1. The Kier molecular flexibility index (Phi) is 6.80. The molecule has 0 spiro atoms. The maximum Gasteiger partial charge on any atom is 0.220 e. The van der Waals surface area contributed by atoms with E-state index in [1.165, 1.54) is 31.7 Å². The zero-order valence-electron chi connectivity index (χ0n) is 16.0. The van der Waals surface area contributed by atoms with E-state index in [0.717, 1.165) is 24.5 Å². The number of amides is 1. The first kappa shape index (κ1) is 19.3. The first-order chi connectivity index (χ1) is 13.1. The van der Waals surface area contributed by atoms with Crippen molar-refractivity contribution in [2.75, 3.05) is 18.0 Å². The van der Waals surface area contributed by atoms with Crippen LogP contribution in [-0.2, 0) is 11.3 Å². The fourth-order valence-corrected chi connectivity index (χ4v) is 3.58. The number of pyridine rings is 1. The first-order valence-corrected chi connectivity index (χ1v) is 9.84. The quantitative estimate of drug-likeness (QED) is 0.820. The second-order valence-corrected chi connectivity index (χ2v) is 7.33. The average Bonchev–Trinajstić information content (AvgIpc) is 2.96. The van der Waals surface area contributed by atoms with Gasteiger partial charge in [0.2, 0.25) is 5.91 Å². The standard InChI is InChI=1S/C22H28FN3O/c1-17(19-8-4-5-9-20(19)23)14-22(27)25-16-18-10-11-24-21(15-18)26-12-6-2-3-7-13-26/h4-5,8-11,15,17H,2-3,6-7,12-14,16H2,1H3,(H,25,27). The Morgan fingerprint density at radius 1 is 1.19 bits per heavy atom. The molecule has 3 rings (SSSR count). The number of hydrogen-bond acceptors (Lipinski definition) is 3. The van der Waals surface area contributed by atoms with Gasteiger partial charge in [0.1, 0.15) is 11.6 Å². The Morgan fingerprint density at radius 2 is 1.93 bits per heavy atom. The van der Waals surface area contributed by atoms with Crippen LogP contribution < -0.4 is 10.2 Å². The Labute approximate surface area is 160 Å². The van der Waals surface area contributed by atoms with Gasteiger partial charge in [-0.15, -0.1) is 0 Å². The summed E-state index contributed by atoms with van der Waals surface area (Å²) >= 11 is 0. The summed E-state index contributed by atoms with van der Waals surface area (Å²) in [4.78, 5) is 19.1. The third kappa shape index (κ3) is 5.52. The second kappa shape index (κ2) is 9.49. The van der Waals surface area contributed by atoms with E-state index in [1.54, 1.807) is 18.2 Å². The minimum Gasteiger partial charge on any atom is -0.357 e. The normalized spacial score (nSPS) is 15.9. The molecule has 1 aliphatic rings. The number of nitrogens with one attached hydrogen (secondary N) is 1. The van der Waals surface area contributed by atoms with Crippen LogP contribution in [0.2, 0.25) is 0 Å². The second-order valence-electron chi connectivity index (χ2n) is 7.33. The smallest absolute Gasteiger partial charge is 0.220 e. The summed E-state index contributed by atoms with van der Waals surface area (Å²) in [5.41, 5.74) is 1.62. The van der Waals surface area contributed by atoms with Gasteiger partial charge in [-0.2, -0.15) is 0 Å². The molecule has 1 fully saturated rings. The first-order valence-electron chi connectivity index (χ1n) is 9.84. The molecule has 0 aliphatic carbocycles. The molecule has 0 bridgehead atoms. The van der Waals surface area contributed by atoms with Crippen molar-refractivity contribution < 1.29 is 9.18 Å². The van der Waals surface area contributed by atoms with Crippen LogP contribution in [0.15, 0.2) is 42.6 Å². The lowest BCUT2D eigenvalue weighted by atomic mass is 9.97. The van der Waals surface area contributed by atoms with Crippen molar-refractivity contribution in [3.8, 4) is 0 Å². The number of rotatable bonds is 6. The van der Waals surface area contributed by atoms with Crippen LogP contribution in [0.3, 0.4) is 0 Å². The SMILES string of the molecule is CC(CC(=O)NCc1ccnc(N2CCCCCC2)c1)c1ccccc1F. The Balaban J connectivity index is 1.54. The van der Waals surface area contributed by atoms with Crippen molar-refractivity contribution >= 4 is 11.7 Å². The van der Waals surface area contributed by atoms with E-state index in [1.807, 2.05) is 19.2 Å². The van der Waals surface area contributed by atoms with Crippen molar-refractivity contribution in [2.24, 2.45) is 0 Å². The monoisotopic (exact) mass is 369 g/mol. The summed E-state index contributed by atoms with van der Waals surface area (Å²) in [6.45, 7) is 4.43. The fraction of sp³-hybridized carbons (Fsp3) is 0.455. The van der Waals surface area contributed by atoms with Gasteiger partial charge in [0.25, 0.3) is 0 Å². The van der Waals surface area contributed by atoms with Gasteiger partial charge in [-0.05, 0) is 48.1 Å². The largest absolute Gasteiger partial charge is 0.357 e. The molecule has 1 aliphatic heterocycles. The number of halogens is 1. The van der Waals surface area contributed by atoms with E-state index in [4.69, 9.17) is 0 Å². The van der Waals surface area contributed by atoms with E-state index < -0.39 is 0 Å². The summed E-state index contributed by atoms with van der Waals surface area (Å²) in [5, 5.41) is 2.95. The minimum atomic E-state index is -0.256. The molecular weight excluding hydrogens is 341 g/mol. The predicted octanol–water partition coefficient (Wildman–Crippen LogP) is 4.41. The molecule has 1 atom stereocenters. The predicted molar refractivity (Wildman–Crippen MR) is 106 cm³/mol. The Hall–Kier alpha value is -2.43. The molecule has 4 nitrogen and oxygen atoms in total. The highest BCUT2D eigenvalue weighted by Gasteiger charge is 2.15. The molecule has 1 N–H and O–H groups in total. The summed E-state index contributed by atoms with van der Waals surface area (Å²) in [7, 11) is 0. The summed E-state index contributed by atoms with van der Waals surface area (Å²) < 4.78 is 13.8. The zero-order valence-corrected chi connectivity index (χ0v) is 16.0. The molecule has 2 heterocycles. The van der Waals surface area contributed by atoms with E-state index in [9.17, 15) is 9.18 Å². The third-order valence-electron chi connectivity index (χ3n) is 5.16. The van der Waals surface area contributed by atoms with Crippen LogP contribution in [0.5, 0.6) is 0 Å². The van der Waals surface area contributed by atoms with Gasteiger partial charge in [-0.3, -0.25) is 4.79 Å². The molecule has 0 radical (unpaired) electrons. The van der Waals surface area contributed by atoms with Crippen LogP contribution >= 0.6 is 0 Å². The van der Waals surface area contributed by atoms with E-state index in [0.29, 0.717) is 12.1 Å². The Morgan fingerprint density at radius 3 is 2.67 bits per heavy atom. The van der Waals surface area contributed by atoms with Gasteiger partial charge >= 0.3 is 0 Å². The van der Waals surface area contributed by atoms with Crippen molar-refractivity contribution in [3.63, 3.8) is 0 Å². The maximum absolute atomic E-state index is 13.8. The topological polar surface area (TPSA) is 45.2 Å². The number of aromatic nitrogens is 1. The average molecular weight is 369 g/mol. The molecule has 1 unspecified atom stereocenters. The number of carbonyl (C=O) groups is 1. The molecule has 1 amide bonds. The number of anilines is 1. The summed E-state index contributed by atoms with van der Waals surface area (Å²) in [6, 6.07) is 10.6. The zero-order chi connectivity index (χ0) is 19.1. The highest BCUT2D eigenvalue weighted by molar-refractivity contribution is 5.76. The lowest BCUT2D eigenvalue weighted by Gasteiger charge is -2.21. The number of nitrogens with zero attached hydrogens (tertiary/aromatic N) is 2. The maximum atomic E-state index is 13.8. The molecule has 27 heavy (non-hydrogen) atoms. The van der Waals surface area contributed by atoms with Crippen LogP contribution in [0.4, 0.5) is 10.2 Å². The van der Waals surface area contributed by atoms with Crippen LogP contribution in [0, 0.1) is 5.82 Å². The third-order valence-corrected chi connectivity index (χ3v) is 5.16.